The van der Waals surface area contributed by atoms with Gasteiger partial charge >= 0.3 is 0 Å². The van der Waals surface area contributed by atoms with E-state index >= 15 is 0 Å². The van der Waals surface area contributed by atoms with Gasteiger partial charge in [0.1, 0.15) is 5.75 Å². The number of carbonyl (C=O) groups excluding carboxylic acids is 1. The first-order chi connectivity index (χ1) is 9.50. The molecule has 0 heterocycles. The van der Waals surface area contributed by atoms with Gasteiger partial charge < -0.3 is 5.11 Å². The Morgan fingerprint density at radius 1 is 1.20 bits per heavy atom. The molecule has 2 aromatic carbocycles. The lowest BCUT2D eigenvalue weighted by Crippen LogP contribution is -2.21. The molecule has 0 bridgehead atoms. The molecular formula is C15H13NO4. The van der Waals surface area contributed by atoms with Gasteiger partial charge in [-0.2, -0.15) is 0 Å². The molecule has 1 atom stereocenters. The number of hydrogen-bond donors (Lipinski definition) is 1. The molecule has 1 unspecified atom stereocenters. The maximum Gasteiger partial charge on any atom is 0.299 e. The molecule has 0 aliphatic heterocycles. The van der Waals surface area contributed by atoms with E-state index in [1.165, 1.54) is 24.3 Å². The second-order valence-electron chi connectivity index (χ2n) is 4.48. The van der Waals surface area contributed by atoms with Gasteiger partial charge in [-0.25, -0.2) is 0 Å². The Morgan fingerprint density at radius 3 is 2.45 bits per heavy atom. The molecule has 0 spiro atoms. The highest BCUT2D eigenvalue weighted by atomic mass is 16.6. The van der Waals surface area contributed by atoms with Crippen molar-refractivity contribution in [2.24, 2.45) is 0 Å². The lowest BCUT2D eigenvalue weighted by atomic mass is 9.96. The number of rotatable bonds is 4. The van der Waals surface area contributed by atoms with Crippen LogP contribution in [0, 0.1) is 17.0 Å². The molecule has 2 rings (SSSR count). The van der Waals surface area contributed by atoms with E-state index in [0.717, 1.165) is 5.56 Å². The molecular weight excluding hydrogens is 258 g/mol. The average Bonchev–Trinajstić information content (AvgIpc) is 2.42. The number of ketones is 1. The molecule has 0 fully saturated rings. The van der Waals surface area contributed by atoms with Gasteiger partial charge in [-0.15, -0.1) is 0 Å². The Balaban J connectivity index is 2.48. The second kappa shape index (κ2) is 5.52. The van der Waals surface area contributed by atoms with Gasteiger partial charge in [0.25, 0.3) is 6.04 Å². The van der Waals surface area contributed by atoms with Crippen molar-refractivity contribution in [1.29, 1.82) is 0 Å². The van der Waals surface area contributed by atoms with Crippen molar-refractivity contribution in [3.05, 3.63) is 75.3 Å². The minimum atomic E-state index is -1.51. The summed E-state index contributed by atoms with van der Waals surface area (Å²) in [7, 11) is 0. The molecule has 5 heteroatoms. The molecule has 0 radical (unpaired) electrons. The number of nitro groups is 1. The SMILES string of the molecule is Cc1ccc(O)c(C(=O)C(c2ccccc2)[N+](=O)[O-])c1. The van der Waals surface area contributed by atoms with Crippen molar-refractivity contribution in [2.75, 3.05) is 0 Å². The summed E-state index contributed by atoms with van der Waals surface area (Å²) in [6.45, 7) is 1.75. The zero-order valence-corrected chi connectivity index (χ0v) is 10.8. The predicted octanol–water partition coefficient (Wildman–Crippen LogP) is 2.90. The molecule has 0 aromatic heterocycles. The lowest BCUT2D eigenvalue weighted by molar-refractivity contribution is -0.511. The third kappa shape index (κ3) is 2.66. The second-order valence-corrected chi connectivity index (χ2v) is 4.48. The summed E-state index contributed by atoms with van der Waals surface area (Å²) in [5.41, 5.74) is 1.01. The van der Waals surface area contributed by atoms with Crippen LogP contribution in [0.25, 0.3) is 0 Å². The normalized spacial score (nSPS) is 11.8. The molecule has 5 nitrogen and oxygen atoms in total. The number of carbonyl (C=O) groups is 1. The van der Waals surface area contributed by atoms with E-state index in [2.05, 4.69) is 0 Å². The number of nitrogens with zero attached hydrogens (tertiary/aromatic N) is 1. The van der Waals surface area contributed by atoms with E-state index in [4.69, 9.17) is 0 Å². The van der Waals surface area contributed by atoms with E-state index in [-0.39, 0.29) is 11.3 Å². The predicted molar refractivity (Wildman–Crippen MR) is 73.4 cm³/mol. The summed E-state index contributed by atoms with van der Waals surface area (Å²) in [6.07, 6.45) is 0. The van der Waals surface area contributed by atoms with E-state index in [1.807, 2.05) is 0 Å². The molecule has 20 heavy (non-hydrogen) atoms. The van der Waals surface area contributed by atoms with Crippen LogP contribution >= 0.6 is 0 Å². The van der Waals surface area contributed by atoms with Gasteiger partial charge in [-0.05, 0) is 19.1 Å². The van der Waals surface area contributed by atoms with Crippen LogP contribution in [0.15, 0.2) is 48.5 Å². The van der Waals surface area contributed by atoms with E-state index in [9.17, 15) is 20.0 Å². The standard InChI is InChI=1S/C15H13NO4/c1-10-7-8-13(17)12(9-10)15(18)14(16(19)20)11-5-3-2-4-6-11/h2-9,14,17H,1H3. The summed E-state index contributed by atoms with van der Waals surface area (Å²) in [5.74, 6) is -0.967. The molecule has 0 saturated carbocycles. The average molecular weight is 271 g/mol. The van der Waals surface area contributed by atoms with Gasteiger partial charge in [-0.3, -0.25) is 14.9 Å². The van der Waals surface area contributed by atoms with Crippen molar-refractivity contribution in [2.45, 2.75) is 13.0 Å². The summed E-state index contributed by atoms with van der Waals surface area (Å²) in [5, 5.41) is 21.0. The van der Waals surface area contributed by atoms with Crippen LogP contribution in [-0.2, 0) is 0 Å². The molecule has 2 aromatic rings. The van der Waals surface area contributed by atoms with Crippen LogP contribution < -0.4 is 0 Å². The smallest absolute Gasteiger partial charge is 0.299 e. The first-order valence-corrected chi connectivity index (χ1v) is 6.03. The number of aryl methyl sites for hydroxylation is 1. The Kier molecular flexibility index (Phi) is 3.79. The number of phenolic OH excluding ortho intramolecular Hbond substituents is 1. The van der Waals surface area contributed by atoms with Crippen molar-refractivity contribution in [3.63, 3.8) is 0 Å². The monoisotopic (exact) mass is 271 g/mol. The Morgan fingerprint density at radius 2 is 1.85 bits per heavy atom. The summed E-state index contributed by atoms with van der Waals surface area (Å²) < 4.78 is 0. The van der Waals surface area contributed by atoms with Crippen LogP contribution in [0.4, 0.5) is 0 Å². The number of Topliss-reactive ketones (excluding diaryl/α,β-unsaturated/α-hetero) is 1. The van der Waals surface area contributed by atoms with E-state index in [1.54, 1.807) is 31.2 Å². The van der Waals surface area contributed by atoms with Crippen LogP contribution in [0.3, 0.4) is 0 Å². The van der Waals surface area contributed by atoms with Crippen molar-refractivity contribution in [3.8, 4) is 5.75 Å². The fraction of sp³-hybridized carbons (Fsp3) is 0.133. The van der Waals surface area contributed by atoms with E-state index < -0.39 is 16.7 Å². The molecule has 0 saturated heterocycles. The number of aromatic hydroxyl groups is 1. The molecule has 102 valence electrons. The minimum absolute atomic E-state index is 0.0319. The first-order valence-electron chi connectivity index (χ1n) is 6.03. The quantitative estimate of drug-likeness (QED) is 0.526. The van der Waals surface area contributed by atoms with Crippen molar-refractivity contribution in [1.82, 2.24) is 0 Å². The Hall–Kier alpha value is -2.69. The fourth-order valence-electron chi connectivity index (χ4n) is 2.00. The van der Waals surface area contributed by atoms with Crippen molar-refractivity contribution < 1.29 is 14.8 Å². The maximum atomic E-state index is 12.4. The van der Waals surface area contributed by atoms with Crippen LogP contribution in [0.1, 0.15) is 27.5 Å². The van der Waals surface area contributed by atoms with E-state index in [0.29, 0.717) is 5.56 Å². The fourth-order valence-corrected chi connectivity index (χ4v) is 2.00. The highest BCUT2D eigenvalue weighted by Crippen LogP contribution is 2.27. The summed E-state index contributed by atoms with van der Waals surface area (Å²) >= 11 is 0. The number of benzene rings is 2. The Labute approximate surface area is 115 Å². The topological polar surface area (TPSA) is 80.4 Å². The zero-order valence-electron chi connectivity index (χ0n) is 10.8. The van der Waals surface area contributed by atoms with Crippen LogP contribution in [0.5, 0.6) is 5.75 Å². The van der Waals surface area contributed by atoms with Crippen LogP contribution in [-0.4, -0.2) is 15.8 Å². The van der Waals surface area contributed by atoms with Gasteiger partial charge in [0, 0.05) is 10.5 Å². The van der Waals surface area contributed by atoms with Gasteiger partial charge in [0.15, 0.2) is 0 Å². The number of hydrogen-bond acceptors (Lipinski definition) is 4. The Bertz CT molecular complexity index is 652. The largest absolute Gasteiger partial charge is 0.507 e. The lowest BCUT2D eigenvalue weighted by Gasteiger charge is -2.10. The molecule has 1 N–H and O–H groups in total. The van der Waals surface area contributed by atoms with Gasteiger partial charge in [0.05, 0.1) is 5.56 Å². The highest BCUT2D eigenvalue weighted by Gasteiger charge is 2.34. The summed E-state index contributed by atoms with van der Waals surface area (Å²) in [4.78, 5) is 22.9. The maximum absolute atomic E-state index is 12.4. The number of phenols is 1. The van der Waals surface area contributed by atoms with Crippen LogP contribution in [0.2, 0.25) is 0 Å². The third-order valence-electron chi connectivity index (χ3n) is 2.99. The highest BCUT2D eigenvalue weighted by molar-refractivity contribution is 6.02. The summed E-state index contributed by atoms with van der Waals surface area (Å²) in [6, 6.07) is 11.0. The minimum Gasteiger partial charge on any atom is -0.507 e. The van der Waals surface area contributed by atoms with Gasteiger partial charge in [-0.1, -0.05) is 42.0 Å². The molecule has 0 aliphatic rings. The van der Waals surface area contributed by atoms with Crippen molar-refractivity contribution >= 4 is 5.78 Å². The molecule has 0 aliphatic carbocycles. The zero-order chi connectivity index (χ0) is 14.7. The third-order valence-corrected chi connectivity index (χ3v) is 2.99. The van der Waals surface area contributed by atoms with Gasteiger partial charge in [0.2, 0.25) is 5.78 Å². The first kappa shape index (κ1) is 13.7. The molecule has 0 amide bonds.